The Kier molecular flexibility index (Phi) is 7.13. The van der Waals surface area contributed by atoms with Crippen molar-refractivity contribution in [3.63, 3.8) is 0 Å². The number of allylic oxidation sites excluding steroid dienone is 8. The topological polar surface area (TPSA) is 0 Å². The van der Waals surface area contributed by atoms with Gasteiger partial charge in [0.15, 0.2) is 0 Å². The summed E-state index contributed by atoms with van der Waals surface area (Å²) in [7, 11) is -8.34. The Labute approximate surface area is 222 Å². The summed E-state index contributed by atoms with van der Waals surface area (Å²) in [5, 5.41) is 0. The van der Waals surface area contributed by atoms with E-state index in [1.165, 1.54) is 24.3 Å². The average molecular weight is 593 g/mol. The molecule has 37 heavy (non-hydrogen) atoms. The lowest BCUT2D eigenvalue weighted by molar-refractivity contribution is -0.263. The molecule has 0 bridgehead atoms. The quantitative estimate of drug-likeness (QED) is 0.171. The fourth-order valence-corrected chi connectivity index (χ4v) is 9.52. The highest BCUT2D eigenvalue weighted by Gasteiger charge is 2.81. The van der Waals surface area contributed by atoms with Crippen molar-refractivity contribution >= 4 is 36.2 Å². The fourth-order valence-electron chi connectivity index (χ4n) is 4.11. The van der Waals surface area contributed by atoms with Gasteiger partial charge in [-0.05, 0) is 49.3 Å². The molecule has 0 saturated heterocycles. The number of rotatable bonds is 2. The van der Waals surface area contributed by atoms with Crippen molar-refractivity contribution in [1.82, 2.24) is 0 Å². The zero-order chi connectivity index (χ0) is 28.6. The van der Waals surface area contributed by atoms with Crippen LogP contribution in [0.3, 0.4) is 0 Å². The lowest BCUT2D eigenvalue weighted by Crippen LogP contribution is -2.49. The Bertz CT molecular complexity index is 1220. The van der Waals surface area contributed by atoms with Gasteiger partial charge in [0.1, 0.15) is 16.1 Å². The van der Waals surface area contributed by atoms with Gasteiger partial charge < -0.3 is 0 Å². The molecule has 0 amide bonds. The second kappa shape index (κ2) is 8.77. The monoisotopic (exact) mass is 592 g/mol. The Balaban J connectivity index is 2.25. The predicted molar refractivity (Wildman–Crippen MR) is 155 cm³/mol. The van der Waals surface area contributed by atoms with Crippen molar-refractivity contribution in [3.05, 3.63) is 55.1 Å². The molecule has 3 rings (SSSR count). The molecule has 0 N–H and O–H groups in total. The maximum atomic E-state index is 15.5. The third-order valence-electron chi connectivity index (χ3n) is 6.25. The lowest BCUT2D eigenvalue weighted by Gasteiger charge is -2.36. The van der Waals surface area contributed by atoms with Crippen molar-refractivity contribution in [2.75, 3.05) is 25.0 Å². The van der Waals surface area contributed by atoms with Crippen LogP contribution in [0.25, 0.3) is 0 Å². The first-order valence-electron chi connectivity index (χ1n) is 11.7. The normalized spacial score (nSPS) is 26.6. The molecule has 0 spiro atoms. The largest absolute Gasteiger partial charge is 0.380 e. The third kappa shape index (κ3) is 4.88. The second-order valence-corrected chi connectivity index (χ2v) is 28.8. The summed E-state index contributed by atoms with van der Waals surface area (Å²) >= 11 is 0. The molecule has 1 aliphatic carbocycles. The van der Waals surface area contributed by atoms with Crippen LogP contribution in [0.15, 0.2) is 55.1 Å². The summed E-state index contributed by atoms with van der Waals surface area (Å²) in [6, 6.07) is 0. The van der Waals surface area contributed by atoms with Gasteiger partial charge in [0.05, 0.1) is 11.1 Å². The van der Waals surface area contributed by atoms with Crippen molar-refractivity contribution in [1.29, 1.82) is 0 Å². The number of alkyl halides is 6. The molecule has 10 heteroatoms. The Morgan fingerprint density at radius 1 is 0.568 bits per heavy atom. The van der Waals surface area contributed by atoms with Crippen LogP contribution in [0, 0.1) is 22.9 Å². The first-order chi connectivity index (χ1) is 16.4. The molecule has 0 radical (unpaired) electrons. The highest BCUT2D eigenvalue weighted by molar-refractivity contribution is 8.39. The lowest BCUT2D eigenvalue weighted by atomic mass is 10.1. The standard InChI is InChI=1S/C27H34F6S2Si2/c1-34(2)19(15-17-36(5,6)7)11-13-21(34)23-24(26(30,31)27(32,33)25(23,28)29)22-14-12-20(35(22,3)4)16-18-37(8,9)10/h11-14H,1-10H3. The fraction of sp³-hybridized carbons (Fsp3) is 0.481. The molecule has 0 atom stereocenters. The molecular formula is C27H34F6S2Si2. The first kappa shape index (κ1) is 30.1. The minimum Gasteiger partial charge on any atom is -0.194 e. The molecule has 0 aromatic rings. The molecule has 0 fully saturated rings. The zero-order valence-corrected chi connectivity index (χ0v) is 26.5. The molecule has 0 aromatic heterocycles. The van der Waals surface area contributed by atoms with E-state index in [4.69, 9.17) is 0 Å². The minimum atomic E-state index is -5.57. The Morgan fingerprint density at radius 2 is 0.865 bits per heavy atom. The van der Waals surface area contributed by atoms with E-state index in [0.29, 0.717) is 9.81 Å². The van der Waals surface area contributed by atoms with Crippen LogP contribution in [0.1, 0.15) is 0 Å². The van der Waals surface area contributed by atoms with Crippen molar-refractivity contribution < 1.29 is 26.3 Å². The van der Waals surface area contributed by atoms with Gasteiger partial charge in [0.2, 0.25) is 0 Å². The summed E-state index contributed by atoms with van der Waals surface area (Å²) in [4.78, 5) is 0.722. The van der Waals surface area contributed by atoms with Crippen molar-refractivity contribution in [3.8, 4) is 22.9 Å². The number of hydrogen-bond acceptors (Lipinski definition) is 0. The van der Waals surface area contributed by atoms with Gasteiger partial charge in [-0.25, -0.2) is 0 Å². The van der Waals surface area contributed by atoms with Gasteiger partial charge in [-0.15, -0.1) is 11.1 Å². The summed E-state index contributed by atoms with van der Waals surface area (Å²) in [6.07, 6.45) is 12.2. The molecule has 0 unspecified atom stereocenters. The van der Waals surface area contributed by atoms with Crippen molar-refractivity contribution in [2.45, 2.75) is 57.0 Å². The van der Waals surface area contributed by atoms with Crippen molar-refractivity contribution in [2.24, 2.45) is 0 Å². The van der Waals surface area contributed by atoms with Gasteiger partial charge in [-0.1, -0.05) is 51.1 Å². The van der Waals surface area contributed by atoms with Crippen LogP contribution in [-0.2, 0) is 0 Å². The molecule has 0 saturated carbocycles. The second-order valence-electron chi connectivity index (χ2n) is 12.3. The van der Waals surface area contributed by atoms with Crippen LogP contribution >= 0.6 is 20.1 Å². The van der Waals surface area contributed by atoms with Crippen LogP contribution in [-0.4, -0.2) is 58.9 Å². The van der Waals surface area contributed by atoms with E-state index < -0.39 is 65.1 Å². The summed E-state index contributed by atoms with van der Waals surface area (Å²) in [5.74, 6) is -9.57. The van der Waals surface area contributed by atoms with E-state index >= 15 is 17.6 Å². The smallest absolute Gasteiger partial charge is 0.194 e. The average Bonchev–Trinajstić information content (AvgIpc) is 3.17. The highest BCUT2D eigenvalue weighted by Crippen LogP contribution is 2.74. The van der Waals surface area contributed by atoms with Crippen LogP contribution in [0.2, 0.25) is 39.3 Å². The van der Waals surface area contributed by atoms with E-state index in [1.807, 2.05) is 39.3 Å². The maximum Gasteiger partial charge on any atom is 0.380 e. The van der Waals surface area contributed by atoms with Gasteiger partial charge in [-0.3, -0.25) is 0 Å². The Hall–Kier alpha value is -1.47. The molecule has 0 nitrogen and oxygen atoms in total. The molecule has 204 valence electrons. The number of hydrogen-bond donors (Lipinski definition) is 0. The molecule has 2 aliphatic heterocycles. The maximum absolute atomic E-state index is 15.5. The molecular weight excluding hydrogens is 559 g/mol. The van der Waals surface area contributed by atoms with E-state index in [1.54, 1.807) is 25.0 Å². The predicted octanol–water partition coefficient (Wildman–Crippen LogP) is 8.66. The Morgan fingerprint density at radius 3 is 1.14 bits per heavy atom. The summed E-state index contributed by atoms with van der Waals surface area (Å²) < 4.78 is 92.0. The summed E-state index contributed by atoms with van der Waals surface area (Å²) in [5.41, 5.74) is 3.86. The van der Waals surface area contributed by atoms with Crippen LogP contribution < -0.4 is 0 Å². The minimum absolute atomic E-state index is 0.165. The SMILES string of the molecule is C[Si](C)(C)C#CC1=CC=C(C2=C(C3=CC=C(C#C[Si](C)(C)C)S3(C)C)C(F)(F)C(F)(F)C2(F)F)S1(C)C. The molecule has 0 aromatic carbocycles. The molecule has 3 aliphatic rings. The highest BCUT2D eigenvalue weighted by atomic mass is 32.3. The third-order valence-corrected chi connectivity index (χ3v) is 13.6. The number of halogens is 6. The first-order valence-corrected chi connectivity index (χ1v) is 23.6. The van der Waals surface area contributed by atoms with Gasteiger partial charge >= 0.3 is 17.8 Å². The summed E-state index contributed by atoms with van der Waals surface area (Å²) in [6.45, 7) is 12.1. The van der Waals surface area contributed by atoms with E-state index in [2.05, 4.69) is 22.9 Å². The van der Waals surface area contributed by atoms with E-state index in [-0.39, 0.29) is 9.81 Å². The van der Waals surface area contributed by atoms with Gasteiger partial charge in [-0.2, -0.15) is 46.4 Å². The van der Waals surface area contributed by atoms with E-state index in [9.17, 15) is 8.78 Å². The van der Waals surface area contributed by atoms with Gasteiger partial charge in [0, 0.05) is 19.6 Å². The van der Waals surface area contributed by atoms with E-state index in [0.717, 1.165) is 0 Å². The zero-order valence-electron chi connectivity index (χ0n) is 22.9. The van der Waals surface area contributed by atoms with Crippen LogP contribution in [0.5, 0.6) is 0 Å². The van der Waals surface area contributed by atoms with Crippen LogP contribution in [0.4, 0.5) is 26.3 Å². The van der Waals surface area contributed by atoms with Gasteiger partial charge in [0.25, 0.3) is 0 Å². The molecule has 2 heterocycles.